The number of hydrogen-bond donors (Lipinski definition) is 0. The molecule has 0 N–H and O–H groups in total. The average molecular weight is 477 g/mol. The Kier molecular flexibility index (Phi) is 5.30. The van der Waals surface area contributed by atoms with Crippen molar-refractivity contribution in [2.45, 2.75) is 17.1 Å². The second-order valence-electron chi connectivity index (χ2n) is 6.94. The van der Waals surface area contributed by atoms with E-state index in [4.69, 9.17) is 9.47 Å². The van der Waals surface area contributed by atoms with Gasteiger partial charge in [-0.15, -0.1) is 21.5 Å². The number of halogens is 3. The lowest BCUT2D eigenvalue weighted by molar-refractivity contribution is -0.137. The average Bonchev–Trinajstić information content (AvgIpc) is 3.51. The molecule has 0 unspecified atom stereocenters. The van der Waals surface area contributed by atoms with Crippen molar-refractivity contribution in [2.24, 2.45) is 7.05 Å². The van der Waals surface area contributed by atoms with Gasteiger partial charge in [-0.05, 0) is 30.3 Å². The minimum absolute atomic E-state index is 0.203. The van der Waals surface area contributed by atoms with E-state index < -0.39 is 11.7 Å². The largest absolute Gasteiger partial charge is 0.454 e. The van der Waals surface area contributed by atoms with E-state index in [1.54, 1.807) is 6.07 Å². The lowest BCUT2D eigenvalue weighted by Crippen LogP contribution is -2.04. The summed E-state index contributed by atoms with van der Waals surface area (Å²) in [5.74, 6) is 2.58. The Morgan fingerprint density at radius 3 is 2.75 bits per heavy atom. The summed E-state index contributed by atoms with van der Waals surface area (Å²) in [5.41, 5.74) is 1.39. The van der Waals surface area contributed by atoms with Gasteiger partial charge in [0.25, 0.3) is 0 Å². The molecule has 32 heavy (non-hydrogen) atoms. The number of thiazole rings is 1. The van der Waals surface area contributed by atoms with Gasteiger partial charge in [0.15, 0.2) is 22.5 Å². The van der Waals surface area contributed by atoms with Crippen LogP contribution in [0.1, 0.15) is 11.3 Å². The fourth-order valence-electron chi connectivity index (χ4n) is 3.20. The second kappa shape index (κ2) is 8.14. The molecule has 4 aromatic rings. The van der Waals surface area contributed by atoms with Crippen molar-refractivity contribution in [1.82, 2.24) is 19.7 Å². The summed E-state index contributed by atoms with van der Waals surface area (Å²) >= 11 is 2.77. The number of hydrogen-bond acceptors (Lipinski definition) is 7. The van der Waals surface area contributed by atoms with Crippen molar-refractivity contribution in [3.05, 3.63) is 59.1 Å². The first-order chi connectivity index (χ1) is 15.4. The molecule has 0 aliphatic carbocycles. The van der Waals surface area contributed by atoms with E-state index >= 15 is 0 Å². The summed E-state index contributed by atoms with van der Waals surface area (Å²) in [6.45, 7) is 0.203. The van der Waals surface area contributed by atoms with Crippen LogP contribution < -0.4 is 9.47 Å². The molecule has 1 aliphatic rings. The Morgan fingerprint density at radius 2 is 1.91 bits per heavy atom. The third kappa shape index (κ3) is 4.05. The van der Waals surface area contributed by atoms with Crippen LogP contribution in [0.2, 0.25) is 0 Å². The predicted molar refractivity (Wildman–Crippen MR) is 115 cm³/mol. The molecule has 0 spiro atoms. The van der Waals surface area contributed by atoms with Gasteiger partial charge in [-0.3, -0.25) is 0 Å². The number of alkyl halides is 3. The molecule has 3 heterocycles. The van der Waals surface area contributed by atoms with Gasteiger partial charge in [0, 0.05) is 29.3 Å². The first-order valence-corrected chi connectivity index (χ1v) is 11.3. The Morgan fingerprint density at radius 1 is 1.06 bits per heavy atom. The first-order valence-electron chi connectivity index (χ1n) is 9.43. The van der Waals surface area contributed by atoms with E-state index in [1.165, 1.54) is 29.2 Å². The Hall–Kier alpha value is -3.05. The van der Waals surface area contributed by atoms with E-state index in [9.17, 15) is 13.2 Å². The number of ether oxygens (including phenoxy) is 2. The van der Waals surface area contributed by atoms with Gasteiger partial charge in [0.05, 0.1) is 11.3 Å². The Bertz CT molecular complexity index is 1290. The smallest absolute Gasteiger partial charge is 0.416 e. The summed E-state index contributed by atoms with van der Waals surface area (Å²) < 4.78 is 51.6. The summed E-state index contributed by atoms with van der Waals surface area (Å²) in [6.07, 6.45) is -4.38. The van der Waals surface area contributed by atoms with Crippen molar-refractivity contribution >= 4 is 23.1 Å². The minimum atomic E-state index is -4.38. The van der Waals surface area contributed by atoms with Crippen molar-refractivity contribution in [3.8, 4) is 33.5 Å². The Labute approximate surface area is 189 Å². The molecule has 6 nitrogen and oxygen atoms in total. The molecule has 0 fully saturated rings. The lowest BCUT2D eigenvalue weighted by Gasteiger charge is -2.07. The van der Waals surface area contributed by atoms with Crippen LogP contribution in [0, 0.1) is 0 Å². The normalized spacial score (nSPS) is 13.0. The predicted octanol–water partition coefficient (Wildman–Crippen LogP) is 5.65. The minimum Gasteiger partial charge on any atom is -0.454 e. The number of benzene rings is 2. The molecule has 11 heteroatoms. The maximum atomic E-state index is 13.0. The third-order valence-corrected chi connectivity index (χ3v) is 6.80. The highest BCUT2D eigenvalue weighted by Gasteiger charge is 2.30. The number of fused-ring (bicyclic) bond motifs is 1. The van der Waals surface area contributed by atoms with E-state index in [2.05, 4.69) is 15.2 Å². The molecule has 0 radical (unpaired) electrons. The molecule has 2 aromatic carbocycles. The van der Waals surface area contributed by atoms with Crippen LogP contribution in [0.3, 0.4) is 0 Å². The van der Waals surface area contributed by atoms with E-state index in [0.717, 1.165) is 23.4 Å². The van der Waals surface area contributed by atoms with Crippen LogP contribution in [0.25, 0.3) is 22.0 Å². The highest BCUT2D eigenvalue weighted by atomic mass is 32.2. The highest BCUT2D eigenvalue weighted by Crippen LogP contribution is 2.37. The topological polar surface area (TPSA) is 62.1 Å². The zero-order valence-electron chi connectivity index (χ0n) is 16.6. The quantitative estimate of drug-likeness (QED) is 0.347. The van der Waals surface area contributed by atoms with Gasteiger partial charge in [0.1, 0.15) is 5.01 Å². The molecule has 0 saturated carbocycles. The molecule has 164 valence electrons. The summed E-state index contributed by atoms with van der Waals surface area (Å²) in [4.78, 5) is 4.50. The monoisotopic (exact) mass is 476 g/mol. The van der Waals surface area contributed by atoms with E-state index in [1.807, 2.05) is 35.2 Å². The maximum absolute atomic E-state index is 13.0. The Balaban J connectivity index is 1.30. The SMILES string of the molecule is Cn1c(SCc2csc(-c3cccc(C(F)(F)F)c3)n2)nnc1-c1ccc2c(c1)OCO2. The van der Waals surface area contributed by atoms with Gasteiger partial charge in [-0.25, -0.2) is 4.98 Å². The zero-order valence-corrected chi connectivity index (χ0v) is 18.2. The molecule has 0 atom stereocenters. The van der Waals surface area contributed by atoms with Crippen LogP contribution in [0.4, 0.5) is 13.2 Å². The summed E-state index contributed by atoms with van der Waals surface area (Å²) in [5, 5.41) is 11.6. The molecule has 0 bridgehead atoms. The highest BCUT2D eigenvalue weighted by molar-refractivity contribution is 7.98. The third-order valence-electron chi connectivity index (χ3n) is 4.80. The molecular weight excluding hydrogens is 461 g/mol. The number of rotatable bonds is 5. The van der Waals surface area contributed by atoms with Crippen LogP contribution >= 0.6 is 23.1 Å². The number of nitrogens with zero attached hydrogens (tertiary/aromatic N) is 4. The molecule has 2 aromatic heterocycles. The fourth-order valence-corrected chi connectivity index (χ4v) is 4.93. The number of thioether (sulfide) groups is 1. The molecular formula is C21H15F3N4O2S2. The van der Waals surface area contributed by atoms with Crippen LogP contribution in [0.15, 0.2) is 53.0 Å². The summed E-state index contributed by atoms with van der Waals surface area (Å²) in [7, 11) is 1.87. The van der Waals surface area contributed by atoms with Gasteiger partial charge in [-0.2, -0.15) is 13.2 Å². The lowest BCUT2D eigenvalue weighted by atomic mass is 10.1. The van der Waals surface area contributed by atoms with Gasteiger partial charge in [-0.1, -0.05) is 23.9 Å². The first kappa shape index (κ1) is 20.8. The standard InChI is InChI=1S/C21H15F3N4O2S2/c1-28-18(12-5-6-16-17(8-12)30-11-29-16)26-27-20(28)32-10-15-9-31-19(25-15)13-3-2-4-14(7-13)21(22,23)24/h2-9H,10-11H2,1H3. The van der Waals surface area contributed by atoms with Crippen molar-refractivity contribution in [2.75, 3.05) is 6.79 Å². The van der Waals surface area contributed by atoms with Crippen LogP contribution in [-0.4, -0.2) is 26.5 Å². The van der Waals surface area contributed by atoms with E-state index in [-0.39, 0.29) is 6.79 Å². The van der Waals surface area contributed by atoms with Crippen LogP contribution in [0.5, 0.6) is 11.5 Å². The van der Waals surface area contributed by atoms with Crippen molar-refractivity contribution in [3.63, 3.8) is 0 Å². The van der Waals surface area contributed by atoms with Gasteiger partial charge in [0.2, 0.25) is 6.79 Å². The molecule has 1 aliphatic heterocycles. The van der Waals surface area contributed by atoms with Gasteiger partial charge >= 0.3 is 6.18 Å². The zero-order chi connectivity index (χ0) is 22.3. The molecule has 5 rings (SSSR count). The van der Waals surface area contributed by atoms with Gasteiger partial charge < -0.3 is 14.0 Å². The second-order valence-corrected chi connectivity index (χ2v) is 8.75. The molecule has 0 saturated heterocycles. The van der Waals surface area contributed by atoms with E-state index in [0.29, 0.717) is 38.8 Å². The molecule has 0 amide bonds. The maximum Gasteiger partial charge on any atom is 0.416 e. The van der Waals surface area contributed by atoms with Crippen molar-refractivity contribution < 1.29 is 22.6 Å². The van der Waals surface area contributed by atoms with Crippen molar-refractivity contribution in [1.29, 1.82) is 0 Å². The van der Waals surface area contributed by atoms with Crippen LogP contribution in [-0.2, 0) is 19.0 Å². The number of aromatic nitrogens is 4. The fraction of sp³-hybridized carbons (Fsp3) is 0.190. The summed E-state index contributed by atoms with van der Waals surface area (Å²) in [6, 6.07) is 10.8.